The Hall–Kier alpha value is -1.67. The molecule has 1 heterocycles. The molecule has 8 heteroatoms. The third kappa shape index (κ3) is 4.12. The Morgan fingerprint density at radius 2 is 1.68 bits per heavy atom. The molecule has 0 bridgehead atoms. The molecule has 1 aliphatic heterocycles. The molecule has 25 heavy (non-hydrogen) atoms. The first-order valence-corrected chi connectivity index (χ1v) is 11.0. The van der Waals surface area contributed by atoms with Crippen LogP contribution in [0.4, 0.5) is 0 Å². The standard InChI is InChI=1S/C17H16ClNO4S2/c18-15-6-8-17(9-7-15)25(22,23)19(12-14-4-2-1-3-5-14)16-10-11-24(20,21)13-16/h1-11,16H,12-13H2/t16-/m1/s1. The summed E-state index contributed by atoms with van der Waals surface area (Å²) < 4.78 is 51.0. The van der Waals surface area contributed by atoms with E-state index in [4.69, 9.17) is 11.6 Å². The zero-order chi connectivity index (χ0) is 18.1. The number of benzene rings is 2. The van der Waals surface area contributed by atoms with Crippen LogP contribution in [0.5, 0.6) is 0 Å². The molecule has 1 atom stereocenters. The van der Waals surface area contributed by atoms with Crippen LogP contribution in [0.25, 0.3) is 0 Å². The van der Waals surface area contributed by atoms with E-state index in [1.54, 1.807) is 12.1 Å². The van der Waals surface area contributed by atoms with Crippen LogP contribution in [0.15, 0.2) is 71.0 Å². The third-order valence-corrected chi connectivity index (χ3v) is 7.40. The van der Waals surface area contributed by atoms with Crippen molar-refractivity contribution < 1.29 is 16.8 Å². The molecule has 0 aliphatic carbocycles. The van der Waals surface area contributed by atoms with Gasteiger partial charge in [-0.2, -0.15) is 4.31 Å². The van der Waals surface area contributed by atoms with E-state index in [1.165, 1.54) is 34.6 Å². The van der Waals surface area contributed by atoms with Crippen LogP contribution < -0.4 is 0 Å². The molecule has 0 radical (unpaired) electrons. The zero-order valence-corrected chi connectivity index (χ0v) is 15.5. The summed E-state index contributed by atoms with van der Waals surface area (Å²) in [4.78, 5) is 0.0746. The predicted octanol–water partition coefficient (Wildman–Crippen LogP) is 2.84. The lowest BCUT2D eigenvalue weighted by atomic mass is 10.2. The van der Waals surface area contributed by atoms with Gasteiger partial charge in [0.25, 0.3) is 0 Å². The number of hydrogen-bond donors (Lipinski definition) is 0. The monoisotopic (exact) mass is 397 g/mol. The molecule has 0 spiro atoms. The SMILES string of the molecule is O=S1(=O)C=C[C@@H](N(Cc2ccccc2)S(=O)(=O)c2ccc(Cl)cc2)C1. The summed E-state index contributed by atoms with van der Waals surface area (Å²) in [7, 11) is -7.28. The van der Waals surface area contributed by atoms with Gasteiger partial charge in [-0.3, -0.25) is 0 Å². The summed E-state index contributed by atoms with van der Waals surface area (Å²) in [5, 5.41) is 1.50. The first kappa shape index (κ1) is 18.1. The molecule has 5 nitrogen and oxygen atoms in total. The molecule has 0 aromatic heterocycles. The van der Waals surface area contributed by atoms with Gasteiger partial charge in [0.05, 0.1) is 16.7 Å². The first-order valence-electron chi connectivity index (χ1n) is 7.50. The molecule has 1 aliphatic rings. The number of halogens is 1. The van der Waals surface area contributed by atoms with Crippen molar-refractivity contribution in [2.24, 2.45) is 0 Å². The summed E-state index contributed by atoms with van der Waals surface area (Å²) >= 11 is 5.84. The minimum atomic E-state index is -3.89. The van der Waals surface area contributed by atoms with Gasteiger partial charge in [0.15, 0.2) is 9.84 Å². The normalized spacial score (nSPS) is 19.4. The Balaban J connectivity index is 2.01. The Morgan fingerprint density at radius 1 is 1.04 bits per heavy atom. The highest BCUT2D eigenvalue weighted by atomic mass is 35.5. The predicted molar refractivity (Wildman–Crippen MR) is 97.3 cm³/mol. The number of sulfonamides is 1. The molecule has 3 rings (SSSR count). The molecule has 2 aromatic rings. The van der Waals surface area contributed by atoms with Gasteiger partial charge in [-0.05, 0) is 29.8 Å². The minimum absolute atomic E-state index is 0.0746. The van der Waals surface area contributed by atoms with Crippen LogP contribution in [0.1, 0.15) is 5.56 Å². The molecular weight excluding hydrogens is 382 g/mol. The van der Waals surface area contributed by atoms with Crippen molar-refractivity contribution in [3.05, 3.63) is 76.7 Å². The Bertz CT molecular complexity index is 985. The fraction of sp³-hybridized carbons (Fsp3) is 0.176. The van der Waals surface area contributed by atoms with Gasteiger partial charge in [0, 0.05) is 17.0 Å². The van der Waals surface area contributed by atoms with Gasteiger partial charge in [-0.25, -0.2) is 16.8 Å². The molecule has 0 unspecified atom stereocenters. The van der Waals surface area contributed by atoms with Gasteiger partial charge in [0.1, 0.15) is 0 Å². The molecule has 0 saturated heterocycles. The average Bonchev–Trinajstić information content (AvgIpc) is 2.93. The Kier molecular flexibility index (Phi) is 5.02. The maximum Gasteiger partial charge on any atom is 0.243 e. The van der Waals surface area contributed by atoms with Crippen molar-refractivity contribution in [3.8, 4) is 0 Å². The highest BCUT2D eigenvalue weighted by Gasteiger charge is 2.35. The third-order valence-electron chi connectivity index (χ3n) is 3.88. The van der Waals surface area contributed by atoms with Crippen molar-refractivity contribution in [3.63, 3.8) is 0 Å². The lowest BCUT2D eigenvalue weighted by molar-refractivity contribution is 0.375. The fourth-order valence-corrected chi connectivity index (χ4v) is 5.71. The van der Waals surface area contributed by atoms with E-state index in [2.05, 4.69) is 0 Å². The maximum absolute atomic E-state index is 13.1. The molecule has 2 aromatic carbocycles. The van der Waals surface area contributed by atoms with Crippen LogP contribution in [0.2, 0.25) is 5.02 Å². The molecule has 0 saturated carbocycles. The Labute approximate surface area is 152 Å². The summed E-state index contributed by atoms with van der Waals surface area (Å²) in [6.07, 6.45) is 1.42. The van der Waals surface area contributed by atoms with Gasteiger partial charge < -0.3 is 0 Å². The van der Waals surface area contributed by atoms with Crippen LogP contribution >= 0.6 is 11.6 Å². The molecule has 132 valence electrons. The van der Waals surface area contributed by atoms with E-state index in [9.17, 15) is 16.8 Å². The summed E-state index contributed by atoms with van der Waals surface area (Å²) in [6, 6.07) is 14.1. The molecular formula is C17H16ClNO4S2. The Morgan fingerprint density at radius 3 is 2.24 bits per heavy atom. The molecule has 0 N–H and O–H groups in total. The van der Waals surface area contributed by atoms with Crippen molar-refractivity contribution in [1.82, 2.24) is 4.31 Å². The summed E-state index contributed by atoms with van der Waals surface area (Å²) in [5.41, 5.74) is 0.776. The van der Waals surface area contributed by atoms with E-state index in [-0.39, 0.29) is 17.2 Å². The molecule has 0 fully saturated rings. The fourth-order valence-electron chi connectivity index (χ4n) is 2.62. The smallest absolute Gasteiger partial charge is 0.224 e. The van der Waals surface area contributed by atoms with Crippen LogP contribution in [0.3, 0.4) is 0 Å². The van der Waals surface area contributed by atoms with Gasteiger partial charge in [0.2, 0.25) is 10.0 Å². The van der Waals surface area contributed by atoms with E-state index in [0.29, 0.717) is 5.02 Å². The number of nitrogens with zero attached hydrogens (tertiary/aromatic N) is 1. The quantitative estimate of drug-likeness (QED) is 0.777. The highest BCUT2D eigenvalue weighted by Crippen LogP contribution is 2.26. The second-order valence-corrected chi connectivity index (χ2v) is 9.97. The van der Waals surface area contributed by atoms with E-state index in [0.717, 1.165) is 11.0 Å². The second kappa shape index (κ2) is 6.92. The largest absolute Gasteiger partial charge is 0.243 e. The lowest BCUT2D eigenvalue weighted by Crippen LogP contribution is -2.40. The van der Waals surface area contributed by atoms with E-state index < -0.39 is 25.9 Å². The lowest BCUT2D eigenvalue weighted by Gasteiger charge is -2.27. The van der Waals surface area contributed by atoms with Gasteiger partial charge in [-0.15, -0.1) is 0 Å². The first-order chi connectivity index (χ1) is 11.8. The van der Waals surface area contributed by atoms with Gasteiger partial charge in [-0.1, -0.05) is 48.0 Å². The molecule has 0 amide bonds. The van der Waals surface area contributed by atoms with Crippen LogP contribution in [0, 0.1) is 0 Å². The van der Waals surface area contributed by atoms with E-state index in [1.807, 2.05) is 18.2 Å². The topological polar surface area (TPSA) is 71.5 Å². The summed E-state index contributed by atoms with van der Waals surface area (Å²) in [5.74, 6) is -0.257. The number of sulfone groups is 1. The number of rotatable bonds is 5. The highest BCUT2D eigenvalue weighted by molar-refractivity contribution is 7.94. The second-order valence-electron chi connectivity index (χ2n) is 5.72. The van der Waals surface area contributed by atoms with Crippen molar-refractivity contribution in [2.45, 2.75) is 17.5 Å². The van der Waals surface area contributed by atoms with E-state index >= 15 is 0 Å². The minimum Gasteiger partial charge on any atom is -0.224 e. The van der Waals surface area contributed by atoms with Crippen LogP contribution in [-0.4, -0.2) is 32.9 Å². The average molecular weight is 398 g/mol. The maximum atomic E-state index is 13.1. The van der Waals surface area contributed by atoms with Crippen molar-refractivity contribution >= 4 is 31.5 Å². The van der Waals surface area contributed by atoms with Crippen molar-refractivity contribution in [2.75, 3.05) is 5.75 Å². The summed E-state index contributed by atoms with van der Waals surface area (Å²) in [6.45, 7) is 0.0797. The van der Waals surface area contributed by atoms with Crippen molar-refractivity contribution in [1.29, 1.82) is 0 Å². The van der Waals surface area contributed by atoms with Crippen LogP contribution in [-0.2, 0) is 26.4 Å². The zero-order valence-electron chi connectivity index (χ0n) is 13.1. The number of hydrogen-bond acceptors (Lipinski definition) is 4. The van der Waals surface area contributed by atoms with Gasteiger partial charge >= 0.3 is 0 Å².